The summed E-state index contributed by atoms with van der Waals surface area (Å²) in [5.41, 5.74) is 4.93. The Morgan fingerprint density at radius 1 is 1.10 bits per heavy atom. The zero-order valence-electron chi connectivity index (χ0n) is 12.8. The molecule has 0 unspecified atom stereocenters. The smallest absolute Gasteiger partial charge is 0.251 e. The third-order valence-corrected chi connectivity index (χ3v) is 3.52. The summed E-state index contributed by atoms with van der Waals surface area (Å²) >= 11 is 0. The molecule has 2 aromatic carbocycles. The van der Waals surface area contributed by atoms with Gasteiger partial charge in [0.05, 0.1) is 0 Å². The molecule has 0 atom stereocenters. The van der Waals surface area contributed by atoms with Crippen LogP contribution in [0.3, 0.4) is 0 Å². The number of carbonyl (C=O) groups is 1. The predicted molar refractivity (Wildman–Crippen MR) is 89.3 cm³/mol. The Morgan fingerprint density at radius 2 is 1.81 bits per heavy atom. The van der Waals surface area contributed by atoms with E-state index in [-0.39, 0.29) is 5.91 Å². The van der Waals surface area contributed by atoms with Crippen molar-refractivity contribution < 1.29 is 4.79 Å². The number of rotatable bonds is 4. The molecule has 21 heavy (non-hydrogen) atoms. The molecule has 108 valence electrons. The Morgan fingerprint density at radius 3 is 2.48 bits per heavy atom. The van der Waals surface area contributed by atoms with E-state index in [9.17, 15) is 4.79 Å². The first-order chi connectivity index (χ1) is 10.1. The molecule has 0 radical (unpaired) electrons. The normalized spacial score (nSPS) is 11.3. The fourth-order valence-electron chi connectivity index (χ4n) is 2.28. The molecule has 1 amide bonds. The van der Waals surface area contributed by atoms with Gasteiger partial charge < -0.3 is 5.32 Å². The van der Waals surface area contributed by atoms with E-state index in [1.807, 2.05) is 62.4 Å². The Kier molecular flexibility index (Phi) is 4.94. The van der Waals surface area contributed by atoms with Crippen LogP contribution in [0.5, 0.6) is 0 Å². The van der Waals surface area contributed by atoms with Gasteiger partial charge in [-0.2, -0.15) is 0 Å². The second-order valence-electron chi connectivity index (χ2n) is 5.15. The van der Waals surface area contributed by atoms with Gasteiger partial charge in [0.15, 0.2) is 0 Å². The Hall–Kier alpha value is -2.35. The Bertz CT molecular complexity index is 657. The van der Waals surface area contributed by atoms with Crippen LogP contribution in [-0.2, 0) is 11.2 Å². The summed E-state index contributed by atoms with van der Waals surface area (Å²) in [7, 11) is 0. The van der Waals surface area contributed by atoms with E-state index in [1.165, 1.54) is 0 Å². The van der Waals surface area contributed by atoms with Crippen molar-refractivity contribution in [3.63, 3.8) is 0 Å². The third-order valence-electron chi connectivity index (χ3n) is 3.52. The van der Waals surface area contributed by atoms with E-state index < -0.39 is 0 Å². The lowest BCUT2D eigenvalue weighted by atomic mass is 10.1. The number of amides is 1. The number of benzene rings is 2. The molecule has 0 aliphatic carbocycles. The lowest BCUT2D eigenvalue weighted by Crippen LogP contribution is -2.14. The molecule has 0 heterocycles. The third kappa shape index (κ3) is 3.82. The SMILES string of the molecule is CCc1cccc(C)c1NC(=O)/C(C)=C/c1ccccc1. The van der Waals surface area contributed by atoms with E-state index in [0.717, 1.165) is 28.8 Å². The second-order valence-corrected chi connectivity index (χ2v) is 5.15. The van der Waals surface area contributed by atoms with Gasteiger partial charge in [0, 0.05) is 11.3 Å². The zero-order chi connectivity index (χ0) is 15.2. The minimum atomic E-state index is -0.0529. The molecule has 2 aromatic rings. The molecular weight excluding hydrogens is 258 g/mol. The van der Waals surface area contributed by atoms with Crippen LogP contribution < -0.4 is 5.32 Å². The maximum absolute atomic E-state index is 12.4. The largest absolute Gasteiger partial charge is 0.322 e. The summed E-state index contributed by atoms with van der Waals surface area (Å²) < 4.78 is 0. The summed E-state index contributed by atoms with van der Waals surface area (Å²) in [6.45, 7) is 5.95. The van der Waals surface area contributed by atoms with E-state index >= 15 is 0 Å². The van der Waals surface area contributed by atoms with Crippen LogP contribution in [0.1, 0.15) is 30.5 Å². The fraction of sp³-hybridized carbons (Fsp3) is 0.211. The minimum Gasteiger partial charge on any atom is -0.322 e. The number of carbonyl (C=O) groups excluding carboxylic acids is 1. The zero-order valence-corrected chi connectivity index (χ0v) is 12.8. The molecule has 0 saturated heterocycles. The molecule has 0 bridgehead atoms. The number of para-hydroxylation sites is 1. The average Bonchev–Trinajstić information content (AvgIpc) is 2.50. The predicted octanol–water partition coefficient (Wildman–Crippen LogP) is 4.60. The quantitative estimate of drug-likeness (QED) is 0.814. The molecule has 0 saturated carbocycles. The van der Waals surface area contributed by atoms with Crippen LogP contribution in [0.4, 0.5) is 5.69 Å². The first-order valence-corrected chi connectivity index (χ1v) is 7.25. The number of aryl methyl sites for hydroxylation is 2. The highest BCUT2D eigenvalue weighted by Gasteiger charge is 2.10. The summed E-state index contributed by atoms with van der Waals surface area (Å²) in [5, 5.41) is 3.04. The number of hydrogen-bond acceptors (Lipinski definition) is 1. The Labute approximate surface area is 126 Å². The number of hydrogen-bond donors (Lipinski definition) is 1. The van der Waals surface area contributed by atoms with E-state index in [0.29, 0.717) is 5.57 Å². The van der Waals surface area contributed by atoms with Crippen molar-refractivity contribution in [3.05, 3.63) is 70.8 Å². The van der Waals surface area contributed by atoms with Gasteiger partial charge in [0.2, 0.25) is 0 Å². The molecule has 0 aliphatic heterocycles. The van der Waals surface area contributed by atoms with Crippen LogP contribution in [0, 0.1) is 6.92 Å². The van der Waals surface area contributed by atoms with Crippen LogP contribution in [0.15, 0.2) is 54.1 Å². The van der Waals surface area contributed by atoms with Gasteiger partial charge in [-0.05, 0) is 43.0 Å². The van der Waals surface area contributed by atoms with Crippen molar-refractivity contribution in [2.24, 2.45) is 0 Å². The van der Waals surface area contributed by atoms with Crippen LogP contribution >= 0.6 is 0 Å². The second kappa shape index (κ2) is 6.89. The van der Waals surface area contributed by atoms with Gasteiger partial charge in [-0.3, -0.25) is 4.79 Å². The van der Waals surface area contributed by atoms with Gasteiger partial charge in [0.25, 0.3) is 5.91 Å². The summed E-state index contributed by atoms with van der Waals surface area (Å²) in [5.74, 6) is -0.0529. The van der Waals surface area contributed by atoms with Crippen molar-refractivity contribution in [2.75, 3.05) is 5.32 Å². The Balaban J connectivity index is 2.21. The van der Waals surface area contributed by atoms with Crippen LogP contribution in [-0.4, -0.2) is 5.91 Å². The molecule has 0 fully saturated rings. The first kappa shape index (κ1) is 15.0. The van der Waals surface area contributed by atoms with E-state index in [4.69, 9.17) is 0 Å². The highest BCUT2D eigenvalue weighted by Crippen LogP contribution is 2.22. The lowest BCUT2D eigenvalue weighted by molar-refractivity contribution is -0.112. The monoisotopic (exact) mass is 279 g/mol. The minimum absolute atomic E-state index is 0.0529. The van der Waals surface area contributed by atoms with Gasteiger partial charge >= 0.3 is 0 Å². The summed E-state index contributed by atoms with van der Waals surface area (Å²) in [6, 6.07) is 16.0. The van der Waals surface area contributed by atoms with Crippen LogP contribution in [0.25, 0.3) is 6.08 Å². The van der Waals surface area contributed by atoms with Gasteiger partial charge in [-0.1, -0.05) is 55.5 Å². The molecule has 0 aliphatic rings. The van der Waals surface area contributed by atoms with Gasteiger partial charge in [-0.25, -0.2) is 0 Å². The van der Waals surface area contributed by atoms with Crippen molar-refractivity contribution in [2.45, 2.75) is 27.2 Å². The van der Waals surface area contributed by atoms with Crippen molar-refractivity contribution in [1.29, 1.82) is 0 Å². The van der Waals surface area contributed by atoms with Gasteiger partial charge in [0.1, 0.15) is 0 Å². The summed E-state index contributed by atoms with van der Waals surface area (Å²) in [4.78, 5) is 12.4. The maximum Gasteiger partial charge on any atom is 0.251 e. The number of anilines is 1. The molecule has 1 N–H and O–H groups in total. The molecule has 2 nitrogen and oxygen atoms in total. The first-order valence-electron chi connectivity index (χ1n) is 7.25. The number of nitrogens with one attached hydrogen (secondary N) is 1. The molecule has 2 heteroatoms. The molecule has 2 rings (SSSR count). The van der Waals surface area contributed by atoms with E-state index in [1.54, 1.807) is 0 Å². The maximum atomic E-state index is 12.4. The molecule has 0 aromatic heterocycles. The van der Waals surface area contributed by atoms with Crippen molar-refractivity contribution in [1.82, 2.24) is 0 Å². The molecular formula is C19H21NO. The highest BCUT2D eigenvalue weighted by molar-refractivity contribution is 6.06. The highest BCUT2D eigenvalue weighted by atomic mass is 16.1. The molecule has 0 spiro atoms. The van der Waals surface area contributed by atoms with Crippen LogP contribution in [0.2, 0.25) is 0 Å². The topological polar surface area (TPSA) is 29.1 Å². The lowest BCUT2D eigenvalue weighted by Gasteiger charge is -2.13. The average molecular weight is 279 g/mol. The van der Waals surface area contributed by atoms with Crippen molar-refractivity contribution >= 4 is 17.7 Å². The van der Waals surface area contributed by atoms with E-state index in [2.05, 4.69) is 18.3 Å². The van der Waals surface area contributed by atoms with Crippen molar-refractivity contribution in [3.8, 4) is 0 Å². The fourth-order valence-corrected chi connectivity index (χ4v) is 2.28. The van der Waals surface area contributed by atoms with Gasteiger partial charge in [-0.15, -0.1) is 0 Å². The summed E-state index contributed by atoms with van der Waals surface area (Å²) in [6.07, 6.45) is 2.80. The standard InChI is InChI=1S/C19H21NO/c1-4-17-12-8-9-14(2)18(17)20-19(21)15(3)13-16-10-6-5-7-11-16/h5-13H,4H2,1-3H3,(H,20,21)/b15-13+.